The highest BCUT2D eigenvalue weighted by Crippen LogP contribution is 2.56. The van der Waals surface area contributed by atoms with Gasteiger partial charge in [0, 0.05) is 6.04 Å². The fourth-order valence-electron chi connectivity index (χ4n) is 4.58. The van der Waals surface area contributed by atoms with E-state index >= 15 is 0 Å². The van der Waals surface area contributed by atoms with Gasteiger partial charge in [-0.1, -0.05) is 26.2 Å². The minimum absolute atomic E-state index is 0.878. The summed E-state index contributed by atoms with van der Waals surface area (Å²) in [6, 6.07) is 0.878. The molecule has 1 N–H and O–H groups in total. The molecule has 0 spiro atoms. The SMILES string of the molecule is CCCNC(C1CCCCC1)C1CC2CC2C1. The molecule has 0 bridgehead atoms. The predicted octanol–water partition coefficient (Wildman–Crippen LogP) is 3.98. The summed E-state index contributed by atoms with van der Waals surface area (Å²) in [6.45, 7) is 3.55. The molecule has 3 atom stereocenters. The van der Waals surface area contributed by atoms with Gasteiger partial charge in [0.2, 0.25) is 0 Å². The molecule has 3 unspecified atom stereocenters. The highest BCUT2D eigenvalue weighted by molar-refractivity contribution is 5.00. The fourth-order valence-corrected chi connectivity index (χ4v) is 4.58. The first-order valence-electron chi connectivity index (χ1n) is 8.12. The molecule has 0 radical (unpaired) electrons. The van der Waals surface area contributed by atoms with Crippen LogP contribution >= 0.6 is 0 Å². The zero-order chi connectivity index (χ0) is 11.7. The van der Waals surface area contributed by atoms with Crippen LogP contribution in [0.5, 0.6) is 0 Å². The van der Waals surface area contributed by atoms with E-state index in [0.29, 0.717) is 0 Å². The average Bonchev–Trinajstić information content (AvgIpc) is 2.98. The van der Waals surface area contributed by atoms with Crippen LogP contribution in [0.1, 0.15) is 64.7 Å². The molecular formula is C16H29N. The lowest BCUT2D eigenvalue weighted by molar-refractivity contribution is 0.199. The monoisotopic (exact) mass is 235 g/mol. The minimum atomic E-state index is 0.878. The first-order valence-corrected chi connectivity index (χ1v) is 8.12. The lowest BCUT2D eigenvalue weighted by atomic mass is 9.77. The highest BCUT2D eigenvalue weighted by atomic mass is 14.9. The van der Waals surface area contributed by atoms with E-state index in [4.69, 9.17) is 0 Å². The molecule has 0 saturated heterocycles. The molecule has 3 saturated carbocycles. The van der Waals surface area contributed by atoms with Crippen LogP contribution in [0, 0.1) is 23.7 Å². The van der Waals surface area contributed by atoms with Gasteiger partial charge in [-0.05, 0) is 68.7 Å². The molecule has 0 aromatic heterocycles. The van der Waals surface area contributed by atoms with E-state index in [2.05, 4.69) is 12.2 Å². The Morgan fingerprint density at radius 2 is 1.65 bits per heavy atom. The van der Waals surface area contributed by atoms with Crippen molar-refractivity contribution < 1.29 is 0 Å². The van der Waals surface area contributed by atoms with Gasteiger partial charge >= 0.3 is 0 Å². The third-order valence-corrected chi connectivity index (χ3v) is 5.58. The number of fused-ring (bicyclic) bond motifs is 1. The number of hydrogen-bond donors (Lipinski definition) is 1. The van der Waals surface area contributed by atoms with Crippen molar-refractivity contribution in [3.05, 3.63) is 0 Å². The summed E-state index contributed by atoms with van der Waals surface area (Å²) in [5, 5.41) is 3.92. The van der Waals surface area contributed by atoms with Crippen molar-refractivity contribution in [3.8, 4) is 0 Å². The Labute approximate surface area is 107 Å². The van der Waals surface area contributed by atoms with Crippen LogP contribution in [0.4, 0.5) is 0 Å². The van der Waals surface area contributed by atoms with Crippen molar-refractivity contribution in [2.45, 2.75) is 70.8 Å². The van der Waals surface area contributed by atoms with Crippen LogP contribution in [-0.2, 0) is 0 Å². The van der Waals surface area contributed by atoms with Crippen LogP contribution in [0.25, 0.3) is 0 Å². The summed E-state index contributed by atoms with van der Waals surface area (Å²) in [5.74, 6) is 4.34. The molecule has 3 aliphatic carbocycles. The van der Waals surface area contributed by atoms with Gasteiger partial charge in [-0.2, -0.15) is 0 Å². The van der Waals surface area contributed by atoms with E-state index in [1.807, 2.05) is 0 Å². The first-order chi connectivity index (χ1) is 8.38. The Morgan fingerprint density at radius 3 is 2.29 bits per heavy atom. The van der Waals surface area contributed by atoms with Crippen molar-refractivity contribution in [1.82, 2.24) is 5.32 Å². The lowest BCUT2D eigenvalue weighted by Gasteiger charge is -2.36. The Hall–Kier alpha value is -0.0400. The summed E-state index contributed by atoms with van der Waals surface area (Å²) >= 11 is 0. The molecule has 0 aromatic carbocycles. The molecule has 0 amide bonds. The van der Waals surface area contributed by atoms with Crippen LogP contribution in [-0.4, -0.2) is 12.6 Å². The van der Waals surface area contributed by atoms with Gasteiger partial charge in [-0.25, -0.2) is 0 Å². The quantitative estimate of drug-likeness (QED) is 0.760. The summed E-state index contributed by atoms with van der Waals surface area (Å²) in [7, 11) is 0. The molecule has 17 heavy (non-hydrogen) atoms. The number of rotatable bonds is 5. The molecule has 1 nitrogen and oxygen atoms in total. The second-order valence-corrected chi connectivity index (χ2v) is 6.87. The van der Waals surface area contributed by atoms with Crippen LogP contribution in [0.2, 0.25) is 0 Å². The molecular weight excluding hydrogens is 206 g/mol. The lowest BCUT2D eigenvalue weighted by Crippen LogP contribution is -2.43. The van der Waals surface area contributed by atoms with Gasteiger partial charge in [-0.15, -0.1) is 0 Å². The summed E-state index contributed by atoms with van der Waals surface area (Å²) in [4.78, 5) is 0. The molecule has 0 aromatic rings. The molecule has 3 aliphatic rings. The Kier molecular flexibility index (Phi) is 3.75. The van der Waals surface area contributed by atoms with Crippen LogP contribution < -0.4 is 5.32 Å². The van der Waals surface area contributed by atoms with Crippen LogP contribution in [0.3, 0.4) is 0 Å². The van der Waals surface area contributed by atoms with E-state index in [-0.39, 0.29) is 0 Å². The van der Waals surface area contributed by atoms with Gasteiger partial charge in [0.05, 0.1) is 0 Å². The van der Waals surface area contributed by atoms with Crippen molar-refractivity contribution >= 4 is 0 Å². The smallest absolute Gasteiger partial charge is 0.0124 e. The van der Waals surface area contributed by atoms with E-state index in [0.717, 1.165) is 29.7 Å². The summed E-state index contributed by atoms with van der Waals surface area (Å²) in [5.41, 5.74) is 0. The molecule has 0 aliphatic heterocycles. The number of hydrogen-bond acceptors (Lipinski definition) is 1. The molecule has 98 valence electrons. The van der Waals surface area contributed by atoms with Gasteiger partial charge in [0.15, 0.2) is 0 Å². The van der Waals surface area contributed by atoms with E-state index < -0.39 is 0 Å². The topological polar surface area (TPSA) is 12.0 Å². The largest absolute Gasteiger partial charge is 0.313 e. The molecule has 1 heteroatoms. The second-order valence-electron chi connectivity index (χ2n) is 6.87. The Morgan fingerprint density at radius 1 is 0.941 bits per heavy atom. The first kappa shape index (κ1) is 12.0. The maximum atomic E-state index is 3.92. The van der Waals surface area contributed by atoms with E-state index in [1.165, 1.54) is 45.1 Å². The molecule has 3 fully saturated rings. The van der Waals surface area contributed by atoms with Gasteiger partial charge in [0.25, 0.3) is 0 Å². The Bertz CT molecular complexity index is 232. The van der Waals surface area contributed by atoms with Crippen molar-refractivity contribution in [1.29, 1.82) is 0 Å². The van der Waals surface area contributed by atoms with Gasteiger partial charge in [0.1, 0.15) is 0 Å². The van der Waals surface area contributed by atoms with Crippen molar-refractivity contribution in [2.75, 3.05) is 6.54 Å². The molecule has 0 heterocycles. The fraction of sp³-hybridized carbons (Fsp3) is 1.00. The zero-order valence-electron chi connectivity index (χ0n) is 11.5. The minimum Gasteiger partial charge on any atom is -0.313 e. The highest BCUT2D eigenvalue weighted by Gasteiger charge is 2.48. The predicted molar refractivity (Wildman–Crippen MR) is 73.0 cm³/mol. The van der Waals surface area contributed by atoms with Gasteiger partial charge < -0.3 is 5.32 Å². The standard InChI is InChI=1S/C16H29N/c1-2-8-17-16(12-6-4-3-5-7-12)15-10-13-9-14(13)11-15/h12-17H,2-11H2,1H3. The third kappa shape index (κ3) is 2.70. The second kappa shape index (κ2) is 5.30. The third-order valence-electron chi connectivity index (χ3n) is 5.58. The van der Waals surface area contributed by atoms with Gasteiger partial charge in [-0.3, -0.25) is 0 Å². The summed E-state index contributed by atoms with van der Waals surface area (Å²) in [6.07, 6.45) is 13.5. The number of nitrogens with one attached hydrogen (secondary N) is 1. The molecule has 3 rings (SSSR count). The van der Waals surface area contributed by atoms with E-state index in [1.54, 1.807) is 19.3 Å². The zero-order valence-corrected chi connectivity index (χ0v) is 11.5. The average molecular weight is 235 g/mol. The van der Waals surface area contributed by atoms with E-state index in [9.17, 15) is 0 Å². The normalized spacial score (nSPS) is 39.0. The summed E-state index contributed by atoms with van der Waals surface area (Å²) < 4.78 is 0. The maximum Gasteiger partial charge on any atom is 0.0124 e. The Balaban J connectivity index is 1.58. The van der Waals surface area contributed by atoms with Crippen LogP contribution in [0.15, 0.2) is 0 Å². The maximum absolute atomic E-state index is 3.92. The van der Waals surface area contributed by atoms with Crippen molar-refractivity contribution in [2.24, 2.45) is 23.7 Å². The van der Waals surface area contributed by atoms with Crippen molar-refractivity contribution in [3.63, 3.8) is 0 Å².